The van der Waals surface area contributed by atoms with Gasteiger partial charge in [0.05, 0.1) is 10.6 Å². The second-order valence-electron chi connectivity index (χ2n) is 5.32. The predicted octanol–water partition coefficient (Wildman–Crippen LogP) is 4.06. The SMILES string of the molecule is CC(CN1c2ccccc2Sc2cccnc21)N(C)C.Cl. The molecule has 1 unspecified atom stereocenters. The fourth-order valence-corrected chi connectivity index (χ4v) is 3.34. The summed E-state index contributed by atoms with van der Waals surface area (Å²) in [5.74, 6) is 1.07. The van der Waals surface area contributed by atoms with Crippen molar-refractivity contribution >= 4 is 35.7 Å². The average Bonchev–Trinajstić information content (AvgIpc) is 2.46. The Kier molecular flexibility index (Phi) is 5.14. The molecular weight excluding hydrogens is 302 g/mol. The highest BCUT2D eigenvalue weighted by atomic mass is 35.5. The van der Waals surface area contributed by atoms with Crippen molar-refractivity contribution in [1.29, 1.82) is 0 Å². The summed E-state index contributed by atoms with van der Waals surface area (Å²) in [4.78, 5) is 11.7. The number of nitrogens with zero attached hydrogens (tertiary/aromatic N) is 3. The third-order valence-corrected chi connectivity index (χ3v) is 4.81. The molecule has 0 N–H and O–H groups in total. The number of aromatic nitrogens is 1. The molecule has 112 valence electrons. The van der Waals surface area contributed by atoms with Crippen LogP contribution in [0.2, 0.25) is 0 Å². The van der Waals surface area contributed by atoms with Gasteiger partial charge in [0.25, 0.3) is 0 Å². The Bertz CT molecular complexity index is 572. The standard InChI is InChI=1S/C16H19N3S.ClH/c1-12(18(2)3)11-19-13-7-4-5-8-14(13)20-15-9-6-10-17-16(15)19;/h4-10,12H,11H2,1-3H3;1H. The zero-order chi connectivity index (χ0) is 14.1. The Balaban J connectivity index is 0.00000161. The number of hydrogen-bond donors (Lipinski definition) is 0. The van der Waals surface area contributed by atoms with Crippen molar-refractivity contribution in [2.24, 2.45) is 0 Å². The van der Waals surface area contributed by atoms with Crippen LogP contribution in [0.5, 0.6) is 0 Å². The van der Waals surface area contributed by atoms with Gasteiger partial charge in [0.15, 0.2) is 0 Å². The van der Waals surface area contributed by atoms with Crippen molar-refractivity contribution in [3.8, 4) is 0 Å². The molecule has 3 rings (SSSR count). The Labute approximate surface area is 136 Å². The highest BCUT2D eigenvalue weighted by Gasteiger charge is 2.25. The Morgan fingerprint density at radius 1 is 1.14 bits per heavy atom. The first-order valence-corrected chi connectivity index (χ1v) is 7.64. The molecular formula is C16H20ClN3S. The Hall–Kier alpha value is -1.23. The quantitative estimate of drug-likeness (QED) is 0.849. The lowest BCUT2D eigenvalue weighted by atomic mass is 10.2. The Morgan fingerprint density at radius 2 is 1.86 bits per heavy atom. The normalized spacial score (nSPS) is 14.2. The molecule has 0 saturated heterocycles. The summed E-state index contributed by atoms with van der Waals surface area (Å²) in [5.41, 5.74) is 1.26. The molecule has 0 bridgehead atoms. The van der Waals surface area contributed by atoms with E-state index in [4.69, 9.17) is 0 Å². The van der Waals surface area contributed by atoms with E-state index in [9.17, 15) is 0 Å². The van der Waals surface area contributed by atoms with Crippen LogP contribution in [0.4, 0.5) is 11.5 Å². The van der Waals surface area contributed by atoms with Gasteiger partial charge in [0.2, 0.25) is 0 Å². The van der Waals surface area contributed by atoms with E-state index in [0.29, 0.717) is 6.04 Å². The van der Waals surface area contributed by atoms with E-state index in [1.165, 1.54) is 15.5 Å². The van der Waals surface area contributed by atoms with Crippen LogP contribution in [-0.4, -0.2) is 36.6 Å². The molecule has 1 atom stereocenters. The molecule has 0 saturated carbocycles. The average molecular weight is 322 g/mol. The summed E-state index contributed by atoms with van der Waals surface area (Å²) in [7, 11) is 4.24. The lowest BCUT2D eigenvalue weighted by Gasteiger charge is -2.34. The van der Waals surface area contributed by atoms with E-state index in [0.717, 1.165) is 12.4 Å². The molecule has 2 heterocycles. The molecule has 0 amide bonds. The maximum absolute atomic E-state index is 4.60. The lowest BCUT2D eigenvalue weighted by molar-refractivity contribution is 0.319. The Morgan fingerprint density at radius 3 is 2.62 bits per heavy atom. The van der Waals surface area contributed by atoms with Crippen molar-refractivity contribution in [3.05, 3.63) is 42.6 Å². The first-order chi connectivity index (χ1) is 9.66. The summed E-state index contributed by atoms with van der Waals surface area (Å²) in [5, 5.41) is 0. The van der Waals surface area contributed by atoms with Crippen molar-refractivity contribution in [2.45, 2.75) is 22.8 Å². The molecule has 1 aromatic heterocycles. The zero-order valence-corrected chi connectivity index (χ0v) is 14.1. The number of para-hydroxylation sites is 1. The largest absolute Gasteiger partial charge is 0.323 e. The van der Waals surface area contributed by atoms with Crippen molar-refractivity contribution in [1.82, 2.24) is 9.88 Å². The number of anilines is 2. The van der Waals surface area contributed by atoms with Crippen LogP contribution in [-0.2, 0) is 0 Å². The van der Waals surface area contributed by atoms with Crippen LogP contribution in [0.15, 0.2) is 52.4 Å². The van der Waals surface area contributed by atoms with Crippen molar-refractivity contribution in [3.63, 3.8) is 0 Å². The number of fused-ring (bicyclic) bond motifs is 2. The van der Waals surface area contributed by atoms with Crippen LogP contribution < -0.4 is 4.90 Å². The fraction of sp³-hybridized carbons (Fsp3) is 0.312. The third-order valence-electron chi connectivity index (χ3n) is 3.71. The molecule has 0 radical (unpaired) electrons. The summed E-state index contributed by atoms with van der Waals surface area (Å²) in [6.45, 7) is 3.18. The first-order valence-electron chi connectivity index (χ1n) is 6.82. The van der Waals surface area contributed by atoms with Gasteiger partial charge in [0, 0.05) is 23.7 Å². The van der Waals surface area contributed by atoms with E-state index < -0.39 is 0 Å². The third kappa shape index (κ3) is 3.18. The van der Waals surface area contributed by atoms with Gasteiger partial charge < -0.3 is 9.80 Å². The van der Waals surface area contributed by atoms with E-state index in [2.05, 4.69) is 66.1 Å². The van der Waals surface area contributed by atoms with E-state index >= 15 is 0 Å². The molecule has 21 heavy (non-hydrogen) atoms. The van der Waals surface area contributed by atoms with Crippen molar-refractivity contribution in [2.75, 3.05) is 25.5 Å². The molecule has 1 aliphatic heterocycles. The molecule has 0 aliphatic carbocycles. The minimum Gasteiger partial charge on any atom is -0.323 e. The molecule has 0 fully saturated rings. The minimum absolute atomic E-state index is 0. The van der Waals surface area contributed by atoms with Crippen LogP contribution >= 0.6 is 24.2 Å². The second-order valence-corrected chi connectivity index (χ2v) is 6.40. The van der Waals surface area contributed by atoms with E-state index in [1.54, 1.807) is 11.8 Å². The number of rotatable bonds is 3. The lowest BCUT2D eigenvalue weighted by Crippen LogP contribution is -2.37. The van der Waals surface area contributed by atoms with E-state index in [1.807, 2.05) is 12.3 Å². The van der Waals surface area contributed by atoms with Crippen LogP contribution in [0.1, 0.15) is 6.92 Å². The predicted molar refractivity (Wildman–Crippen MR) is 92.2 cm³/mol. The summed E-state index contributed by atoms with van der Waals surface area (Å²) < 4.78 is 0. The summed E-state index contributed by atoms with van der Waals surface area (Å²) in [6.07, 6.45) is 1.88. The van der Waals surface area contributed by atoms with Gasteiger partial charge in [-0.05, 0) is 45.3 Å². The maximum atomic E-state index is 4.60. The molecule has 1 aromatic carbocycles. The summed E-state index contributed by atoms with van der Waals surface area (Å²) in [6, 6.07) is 13.2. The van der Waals surface area contributed by atoms with Crippen LogP contribution in [0.3, 0.4) is 0 Å². The van der Waals surface area contributed by atoms with Crippen molar-refractivity contribution < 1.29 is 0 Å². The van der Waals surface area contributed by atoms with Gasteiger partial charge >= 0.3 is 0 Å². The monoisotopic (exact) mass is 321 g/mol. The van der Waals surface area contributed by atoms with Gasteiger partial charge in [0.1, 0.15) is 5.82 Å². The molecule has 2 aromatic rings. The highest BCUT2D eigenvalue weighted by Crippen LogP contribution is 2.46. The highest BCUT2D eigenvalue weighted by molar-refractivity contribution is 7.99. The van der Waals surface area contributed by atoms with Crippen LogP contribution in [0, 0.1) is 0 Å². The molecule has 5 heteroatoms. The molecule has 3 nitrogen and oxygen atoms in total. The van der Waals surface area contributed by atoms with Gasteiger partial charge in [-0.2, -0.15) is 0 Å². The minimum atomic E-state index is 0. The topological polar surface area (TPSA) is 19.4 Å². The number of likely N-dealkylation sites (N-methyl/N-ethyl adjacent to an activating group) is 1. The van der Waals surface area contributed by atoms with Crippen LogP contribution in [0.25, 0.3) is 0 Å². The van der Waals surface area contributed by atoms with Gasteiger partial charge in [-0.3, -0.25) is 0 Å². The number of pyridine rings is 1. The number of benzene rings is 1. The first kappa shape index (κ1) is 16.1. The fourth-order valence-electron chi connectivity index (χ4n) is 2.28. The maximum Gasteiger partial charge on any atom is 0.147 e. The second kappa shape index (κ2) is 6.69. The molecule has 0 spiro atoms. The van der Waals surface area contributed by atoms with E-state index in [-0.39, 0.29) is 12.4 Å². The zero-order valence-electron chi connectivity index (χ0n) is 12.5. The van der Waals surface area contributed by atoms with Gasteiger partial charge in [-0.1, -0.05) is 23.9 Å². The number of halogens is 1. The van der Waals surface area contributed by atoms with Gasteiger partial charge in [-0.15, -0.1) is 12.4 Å². The smallest absolute Gasteiger partial charge is 0.147 e. The molecule has 1 aliphatic rings. The van der Waals surface area contributed by atoms with Gasteiger partial charge in [-0.25, -0.2) is 4.98 Å². The summed E-state index contributed by atoms with van der Waals surface area (Å²) >= 11 is 1.80. The number of hydrogen-bond acceptors (Lipinski definition) is 4.